The van der Waals surface area contributed by atoms with Gasteiger partial charge in [-0.15, -0.1) is 0 Å². The Morgan fingerprint density at radius 2 is 1.73 bits per heavy atom. The van der Waals surface area contributed by atoms with Crippen molar-refractivity contribution in [3.8, 4) is 5.75 Å². The number of sulfonamides is 1. The molecule has 0 bridgehead atoms. The highest BCUT2D eigenvalue weighted by Crippen LogP contribution is 2.22. The third kappa shape index (κ3) is 6.28. The second kappa shape index (κ2) is 10.4. The number of anilines is 1. The van der Waals surface area contributed by atoms with Crippen LogP contribution < -0.4 is 10.1 Å². The summed E-state index contributed by atoms with van der Waals surface area (Å²) >= 11 is 3.38. The van der Waals surface area contributed by atoms with Crippen molar-refractivity contribution in [2.75, 3.05) is 45.2 Å². The van der Waals surface area contributed by atoms with E-state index in [0.29, 0.717) is 31.9 Å². The van der Waals surface area contributed by atoms with Crippen LogP contribution in [0.15, 0.2) is 57.9 Å². The zero-order valence-electron chi connectivity index (χ0n) is 16.9. The maximum Gasteiger partial charge on any atom is 0.243 e. The standard InChI is InChI=1S/C21H26BrN3O4S/c1-24(14-15-29-19-8-4-17(22)5-9-19)16-21(26)23-18-6-10-20(11-7-18)30(27,28)25-12-2-3-13-25/h4-11H,2-3,12-16H2,1H3,(H,23,26). The van der Waals surface area contributed by atoms with E-state index in [0.717, 1.165) is 23.1 Å². The molecule has 2 aromatic rings. The lowest BCUT2D eigenvalue weighted by Gasteiger charge is -2.17. The molecule has 0 radical (unpaired) electrons. The van der Waals surface area contributed by atoms with E-state index in [4.69, 9.17) is 4.74 Å². The second-order valence-corrected chi connectivity index (χ2v) is 10.1. The number of nitrogens with zero attached hydrogens (tertiary/aromatic N) is 2. The molecule has 1 N–H and O–H groups in total. The smallest absolute Gasteiger partial charge is 0.243 e. The number of carbonyl (C=O) groups is 1. The van der Waals surface area contributed by atoms with Crippen molar-refractivity contribution >= 4 is 37.5 Å². The van der Waals surface area contributed by atoms with Crippen LogP contribution in [0, 0.1) is 0 Å². The summed E-state index contributed by atoms with van der Waals surface area (Å²) in [7, 11) is -1.60. The van der Waals surface area contributed by atoms with Gasteiger partial charge in [0.2, 0.25) is 15.9 Å². The summed E-state index contributed by atoms with van der Waals surface area (Å²) in [6.45, 7) is 2.40. The first-order chi connectivity index (χ1) is 14.3. The Kier molecular flexibility index (Phi) is 7.87. The molecule has 2 aromatic carbocycles. The molecule has 0 unspecified atom stereocenters. The molecule has 9 heteroatoms. The van der Waals surface area contributed by atoms with Crippen molar-refractivity contribution in [3.63, 3.8) is 0 Å². The fourth-order valence-electron chi connectivity index (χ4n) is 3.16. The maximum absolute atomic E-state index is 12.6. The fourth-order valence-corrected chi connectivity index (χ4v) is 4.94. The van der Waals surface area contributed by atoms with Gasteiger partial charge in [-0.2, -0.15) is 4.31 Å². The van der Waals surface area contributed by atoms with Gasteiger partial charge in [0.1, 0.15) is 12.4 Å². The largest absolute Gasteiger partial charge is 0.492 e. The molecule has 0 aromatic heterocycles. The number of hydrogen-bond donors (Lipinski definition) is 1. The van der Waals surface area contributed by atoms with Crippen LogP contribution in [0.1, 0.15) is 12.8 Å². The molecule has 30 heavy (non-hydrogen) atoms. The van der Waals surface area contributed by atoms with Crippen LogP contribution in [0.5, 0.6) is 5.75 Å². The molecule has 7 nitrogen and oxygen atoms in total. The molecule has 162 valence electrons. The van der Waals surface area contributed by atoms with Crippen LogP contribution in [0.3, 0.4) is 0 Å². The topological polar surface area (TPSA) is 79.0 Å². The second-order valence-electron chi connectivity index (χ2n) is 7.22. The molecule has 1 saturated heterocycles. The van der Waals surface area contributed by atoms with Crippen molar-refractivity contribution in [2.24, 2.45) is 0 Å². The van der Waals surface area contributed by atoms with Gasteiger partial charge in [-0.1, -0.05) is 15.9 Å². The van der Waals surface area contributed by atoms with E-state index < -0.39 is 10.0 Å². The zero-order chi connectivity index (χ0) is 21.6. The number of rotatable bonds is 9. The van der Waals surface area contributed by atoms with Gasteiger partial charge in [0.15, 0.2) is 0 Å². The Morgan fingerprint density at radius 3 is 2.37 bits per heavy atom. The Labute approximate surface area is 186 Å². The van der Waals surface area contributed by atoms with Gasteiger partial charge in [-0.05, 0) is 68.4 Å². The van der Waals surface area contributed by atoms with E-state index in [-0.39, 0.29) is 17.3 Å². The first-order valence-corrected chi connectivity index (χ1v) is 12.0. The molecule has 0 saturated carbocycles. The summed E-state index contributed by atoms with van der Waals surface area (Å²) in [4.78, 5) is 14.4. The number of likely N-dealkylation sites (N-methyl/N-ethyl adjacent to an activating group) is 1. The Hall–Kier alpha value is -1.94. The first-order valence-electron chi connectivity index (χ1n) is 9.81. The molecule has 0 spiro atoms. The Balaban J connectivity index is 1.44. The normalized spacial score (nSPS) is 14.8. The number of carbonyl (C=O) groups excluding carboxylic acids is 1. The Morgan fingerprint density at radius 1 is 1.10 bits per heavy atom. The average molecular weight is 496 g/mol. The van der Waals surface area contributed by atoms with E-state index in [1.54, 1.807) is 24.3 Å². The lowest BCUT2D eigenvalue weighted by molar-refractivity contribution is -0.117. The molecule has 1 heterocycles. The van der Waals surface area contributed by atoms with E-state index in [1.807, 2.05) is 36.2 Å². The minimum absolute atomic E-state index is 0.170. The number of ether oxygens (including phenoxy) is 1. The summed E-state index contributed by atoms with van der Waals surface area (Å²) in [5, 5.41) is 2.80. The highest BCUT2D eigenvalue weighted by atomic mass is 79.9. The van der Waals surface area contributed by atoms with Gasteiger partial charge in [0.05, 0.1) is 11.4 Å². The lowest BCUT2D eigenvalue weighted by Crippen LogP contribution is -2.33. The summed E-state index contributed by atoms with van der Waals surface area (Å²) < 4.78 is 33.3. The van der Waals surface area contributed by atoms with E-state index in [2.05, 4.69) is 21.2 Å². The van der Waals surface area contributed by atoms with Gasteiger partial charge in [-0.25, -0.2) is 8.42 Å². The molecule has 1 fully saturated rings. The van der Waals surface area contributed by atoms with Crippen LogP contribution in [0.2, 0.25) is 0 Å². The third-order valence-corrected chi connectivity index (χ3v) is 7.25. The molecule has 0 atom stereocenters. The van der Waals surface area contributed by atoms with Crippen molar-refractivity contribution in [3.05, 3.63) is 53.0 Å². The van der Waals surface area contributed by atoms with Crippen molar-refractivity contribution in [2.45, 2.75) is 17.7 Å². The number of benzene rings is 2. The van der Waals surface area contributed by atoms with E-state index >= 15 is 0 Å². The fraction of sp³-hybridized carbons (Fsp3) is 0.381. The van der Waals surface area contributed by atoms with E-state index in [9.17, 15) is 13.2 Å². The SMILES string of the molecule is CN(CCOc1ccc(Br)cc1)CC(=O)Nc1ccc(S(=O)(=O)N2CCCC2)cc1. The van der Waals surface area contributed by atoms with Crippen LogP contribution in [0.4, 0.5) is 5.69 Å². The van der Waals surface area contributed by atoms with Gasteiger partial charge in [-0.3, -0.25) is 9.69 Å². The predicted molar refractivity (Wildman–Crippen MR) is 120 cm³/mol. The lowest BCUT2D eigenvalue weighted by atomic mass is 10.3. The first kappa shape index (κ1) is 22.7. The average Bonchev–Trinajstić information content (AvgIpc) is 3.25. The minimum Gasteiger partial charge on any atom is -0.492 e. The minimum atomic E-state index is -3.44. The van der Waals surface area contributed by atoms with Gasteiger partial charge in [0.25, 0.3) is 0 Å². The molecule has 1 amide bonds. The summed E-state index contributed by atoms with van der Waals surface area (Å²) in [6, 6.07) is 13.9. The predicted octanol–water partition coefficient (Wildman–Crippen LogP) is 3.18. The molecule has 1 aliphatic rings. The number of hydrogen-bond acceptors (Lipinski definition) is 5. The van der Waals surface area contributed by atoms with Gasteiger partial charge in [0, 0.05) is 29.8 Å². The van der Waals surface area contributed by atoms with Crippen molar-refractivity contribution < 1.29 is 17.9 Å². The molecule has 3 rings (SSSR count). The van der Waals surface area contributed by atoms with Crippen LogP contribution in [-0.4, -0.2) is 63.4 Å². The van der Waals surface area contributed by atoms with Crippen LogP contribution in [-0.2, 0) is 14.8 Å². The van der Waals surface area contributed by atoms with E-state index in [1.165, 1.54) is 4.31 Å². The number of halogens is 1. The summed E-state index contributed by atoms with van der Waals surface area (Å²) in [5.74, 6) is 0.608. The number of nitrogens with one attached hydrogen (secondary N) is 1. The summed E-state index contributed by atoms with van der Waals surface area (Å²) in [5.41, 5.74) is 0.569. The molecule has 0 aliphatic carbocycles. The Bertz CT molecular complexity index is 943. The van der Waals surface area contributed by atoms with Crippen LogP contribution >= 0.6 is 15.9 Å². The zero-order valence-corrected chi connectivity index (χ0v) is 19.3. The number of amides is 1. The molecular formula is C21H26BrN3O4S. The van der Waals surface area contributed by atoms with Crippen molar-refractivity contribution in [1.82, 2.24) is 9.21 Å². The van der Waals surface area contributed by atoms with Crippen LogP contribution in [0.25, 0.3) is 0 Å². The summed E-state index contributed by atoms with van der Waals surface area (Å²) in [6.07, 6.45) is 1.80. The highest BCUT2D eigenvalue weighted by molar-refractivity contribution is 9.10. The van der Waals surface area contributed by atoms with Gasteiger partial charge >= 0.3 is 0 Å². The highest BCUT2D eigenvalue weighted by Gasteiger charge is 2.26. The van der Waals surface area contributed by atoms with Crippen molar-refractivity contribution in [1.29, 1.82) is 0 Å². The quantitative estimate of drug-likeness (QED) is 0.577. The monoisotopic (exact) mass is 495 g/mol. The molecular weight excluding hydrogens is 470 g/mol. The maximum atomic E-state index is 12.6. The molecule has 1 aliphatic heterocycles. The third-order valence-electron chi connectivity index (χ3n) is 4.81. The van der Waals surface area contributed by atoms with Gasteiger partial charge < -0.3 is 10.1 Å².